The number of carbonyl (C=O) groups excluding carboxylic acids is 2. The SMILES string of the molecule is COC(=O)C1=C(C(=O)OC)N(c2cc(OC(C)(C)C)cc(C(F)(F)F)c2)C(N)=C(C#N)C1c1ccccc1. The Balaban J connectivity index is 2.45. The molecule has 3 rings (SSSR count). The molecule has 0 aliphatic carbocycles. The average Bonchev–Trinajstić information content (AvgIpc) is 2.85. The summed E-state index contributed by atoms with van der Waals surface area (Å²) < 4.78 is 57.3. The van der Waals surface area contributed by atoms with E-state index in [0.717, 1.165) is 31.3 Å². The predicted octanol–water partition coefficient (Wildman–Crippen LogP) is 4.78. The summed E-state index contributed by atoms with van der Waals surface area (Å²) in [6.07, 6.45) is -4.80. The minimum absolute atomic E-state index is 0.178. The Bertz CT molecular complexity index is 1350. The molecule has 0 saturated carbocycles. The van der Waals surface area contributed by atoms with Crippen LogP contribution in [0.15, 0.2) is 71.2 Å². The third-order valence-corrected chi connectivity index (χ3v) is 5.51. The fourth-order valence-electron chi connectivity index (χ4n) is 4.07. The normalized spacial score (nSPS) is 16.2. The summed E-state index contributed by atoms with van der Waals surface area (Å²) in [7, 11) is 2.11. The van der Waals surface area contributed by atoms with Crippen LogP contribution in [0.3, 0.4) is 0 Å². The van der Waals surface area contributed by atoms with Crippen LogP contribution in [0.4, 0.5) is 18.9 Å². The lowest BCUT2D eigenvalue weighted by molar-refractivity contribution is -0.139. The first-order valence-corrected chi connectivity index (χ1v) is 11.3. The molecule has 0 saturated heterocycles. The van der Waals surface area contributed by atoms with Crippen molar-refractivity contribution in [3.8, 4) is 11.8 Å². The van der Waals surface area contributed by atoms with Gasteiger partial charge in [-0.05, 0) is 38.5 Å². The zero-order chi connectivity index (χ0) is 28.4. The molecule has 2 aromatic carbocycles. The van der Waals surface area contributed by atoms with E-state index in [1.807, 2.05) is 6.07 Å². The Morgan fingerprint density at radius 1 is 1.00 bits per heavy atom. The Morgan fingerprint density at radius 3 is 2.11 bits per heavy atom. The molecule has 11 heteroatoms. The van der Waals surface area contributed by atoms with Crippen molar-refractivity contribution in [2.24, 2.45) is 5.73 Å². The molecule has 0 aromatic heterocycles. The molecule has 0 amide bonds. The topological polar surface area (TPSA) is 115 Å². The van der Waals surface area contributed by atoms with Crippen LogP contribution >= 0.6 is 0 Å². The zero-order valence-electron chi connectivity index (χ0n) is 21.3. The Labute approximate surface area is 217 Å². The number of halogens is 3. The number of anilines is 1. The van der Waals surface area contributed by atoms with Gasteiger partial charge in [-0.15, -0.1) is 0 Å². The van der Waals surface area contributed by atoms with E-state index in [2.05, 4.69) is 0 Å². The summed E-state index contributed by atoms with van der Waals surface area (Å²) in [5.41, 5.74) is 3.55. The second kappa shape index (κ2) is 10.5. The highest BCUT2D eigenvalue weighted by Gasteiger charge is 2.44. The van der Waals surface area contributed by atoms with E-state index >= 15 is 0 Å². The summed E-state index contributed by atoms with van der Waals surface area (Å²) in [6, 6.07) is 13.0. The minimum atomic E-state index is -4.80. The van der Waals surface area contributed by atoms with Crippen molar-refractivity contribution in [1.29, 1.82) is 5.26 Å². The molecule has 2 aromatic rings. The van der Waals surface area contributed by atoms with Crippen LogP contribution in [-0.4, -0.2) is 31.8 Å². The Kier molecular flexibility index (Phi) is 7.76. The molecule has 38 heavy (non-hydrogen) atoms. The van der Waals surface area contributed by atoms with E-state index in [9.17, 15) is 28.0 Å². The van der Waals surface area contributed by atoms with Gasteiger partial charge in [0.2, 0.25) is 0 Å². The third-order valence-electron chi connectivity index (χ3n) is 5.51. The summed E-state index contributed by atoms with van der Waals surface area (Å²) >= 11 is 0. The first-order chi connectivity index (χ1) is 17.7. The summed E-state index contributed by atoms with van der Waals surface area (Å²) in [6.45, 7) is 4.94. The molecule has 2 N–H and O–H groups in total. The number of ether oxygens (including phenoxy) is 3. The van der Waals surface area contributed by atoms with Crippen molar-refractivity contribution < 1.29 is 37.0 Å². The minimum Gasteiger partial charge on any atom is -0.488 e. The van der Waals surface area contributed by atoms with Crippen molar-refractivity contribution in [3.63, 3.8) is 0 Å². The lowest BCUT2D eigenvalue weighted by Gasteiger charge is -2.36. The first kappa shape index (κ1) is 28.1. The van der Waals surface area contributed by atoms with Crippen LogP contribution in [0.1, 0.15) is 37.8 Å². The lowest BCUT2D eigenvalue weighted by Crippen LogP contribution is -2.41. The Hall–Kier alpha value is -4.46. The molecular weight excluding hydrogens is 503 g/mol. The molecule has 8 nitrogen and oxygen atoms in total. The highest BCUT2D eigenvalue weighted by molar-refractivity contribution is 6.06. The fourth-order valence-corrected chi connectivity index (χ4v) is 4.07. The number of rotatable bonds is 5. The van der Waals surface area contributed by atoms with E-state index in [0.29, 0.717) is 5.56 Å². The molecule has 1 unspecified atom stereocenters. The standard InChI is InChI=1S/C27H26F3N3O5/c1-26(2,3)38-18-12-16(27(28,29)30)11-17(13-18)33-22(25(35)37-5)21(24(34)36-4)20(19(14-31)23(33)32)15-9-7-6-8-10-15/h6-13,20H,32H2,1-5H3. The molecule has 0 spiro atoms. The van der Waals surface area contributed by atoms with Crippen molar-refractivity contribution >= 4 is 17.6 Å². The molecule has 200 valence electrons. The zero-order valence-corrected chi connectivity index (χ0v) is 21.3. The van der Waals surface area contributed by atoms with Crippen LogP contribution in [0.25, 0.3) is 0 Å². The van der Waals surface area contributed by atoms with Crippen LogP contribution < -0.4 is 15.4 Å². The van der Waals surface area contributed by atoms with Gasteiger partial charge in [0.1, 0.15) is 22.9 Å². The number of allylic oxidation sites excluding steroid dienone is 1. The number of hydrogen-bond acceptors (Lipinski definition) is 8. The maximum Gasteiger partial charge on any atom is 0.416 e. The number of benzene rings is 2. The van der Waals surface area contributed by atoms with Crippen molar-refractivity contribution in [3.05, 3.63) is 82.3 Å². The van der Waals surface area contributed by atoms with Crippen molar-refractivity contribution in [2.45, 2.75) is 38.5 Å². The maximum atomic E-state index is 13.9. The van der Waals surface area contributed by atoms with Gasteiger partial charge in [0.05, 0.1) is 48.6 Å². The highest BCUT2D eigenvalue weighted by atomic mass is 19.4. The van der Waals surface area contributed by atoms with Gasteiger partial charge in [-0.3, -0.25) is 4.90 Å². The largest absolute Gasteiger partial charge is 0.488 e. The smallest absolute Gasteiger partial charge is 0.416 e. The van der Waals surface area contributed by atoms with Gasteiger partial charge in [-0.1, -0.05) is 30.3 Å². The molecule has 0 radical (unpaired) electrons. The fraction of sp³-hybridized carbons (Fsp3) is 0.296. The van der Waals surface area contributed by atoms with E-state index in [4.69, 9.17) is 19.9 Å². The van der Waals surface area contributed by atoms with Crippen LogP contribution in [-0.2, 0) is 25.2 Å². The Morgan fingerprint density at radius 2 is 1.61 bits per heavy atom. The molecule has 1 atom stereocenters. The van der Waals surface area contributed by atoms with Crippen molar-refractivity contribution in [1.82, 2.24) is 0 Å². The van der Waals surface area contributed by atoms with Gasteiger partial charge < -0.3 is 19.9 Å². The highest BCUT2D eigenvalue weighted by Crippen LogP contribution is 2.45. The van der Waals surface area contributed by atoms with Crippen LogP contribution in [0.5, 0.6) is 5.75 Å². The maximum absolute atomic E-state index is 13.9. The van der Waals surface area contributed by atoms with Gasteiger partial charge in [0.15, 0.2) is 0 Å². The number of hydrogen-bond donors (Lipinski definition) is 1. The number of carbonyl (C=O) groups is 2. The number of methoxy groups -OCH3 is 2. The molecule has 1 heterocycles. The van der Waals surface area contributed by atoms with Gasteiger partial charge in [-0.2, -0.15) is 18.4 Å². The monoisotopic (exact) mass is 529 g/mol. The number of nitrogens with zero attached hydrogens (tertiary/aromatic N) is 2. The number of esters is 2. The predicted molar refractivity (Wildman–Crippen MR) is 131 cm³/mol. The average molecular weight is 530 g/mol. The van der Waals surface area contributed by atoms with E-state index in [1.165, 1.54) is 6.07 Å². The first-order valence-electron chi connectivity index (χ1n) is 11.3. The van der Waals surface area contributed by atoms with Crippen LogP contribution in [0, 0.1) is 11.3 Å². The number of nitriles is 1. The summed E-state index contributed by atoms with van der Waals surface area (Å²) in [5.74, 6) is -3.78. The quantitative estimate of drug-likeness (QED) is 0.551. The van der Waals surface area contributed by atoms with Crippen molar-refractivity contribution in [2.75, 3.05) is 19.1 Å². The molecule has 1 aliphatic heterocycles. The third kappa shape index (κ3) is 5.59. The number of nitrogens with two attached hydrogens (primary N) is 1. The molecular formula is C27H26F3N3O5. The molecule has 1 aliphatic rings. The summed E-state index contributed by atoms with van der Waals surface area (Å²) in [4.78, 5) is 27.2. The summed E-state index contributed by atoms with van der Waals surface area (Å²) in [5, 5.41) is 10.1. The molecule has 0 fully saturated rings. The van der Waals surface area contributed by atoms with Gasteiger partial charge in [-0.25, -0.2) is 9.59 Å². The van der Waals surface area contributed by atoms with Gasteiger partial charge in [0, 0.05) is 6.07 Å². The van der Waals surface area contributed by atoms with Gasteiger partial charge in [0.25, 0.3) is 0 Å². The lowest BCUT2D eigenvalue weighted by atomic mass is 9.81. The van der Waals surface area contributed by atoms with Gasteiger partial charge >= 0.3 is 18.1 Å². The van der Waals surface area contributed by atoms with Crippen LogP contribution in [0.2, 0.25) is 0 Å². The van der Waals surface area contributed by atoms with E-state index in [-0.39, 0.29) is 28.4 Å². The van der Waals surface area contributed by atoms with E-state index in [1.54, 1.807) is 51.1 Å². The molecule has 0 bridgehead atoms. The second-order valence-electron chi connectivity index (χ2n) is 9.26. The van der Waals surface area contributed by atoms with E-state index < -0.39 is 40.9 Å². The number of alkyl halides is 3. The second-order valence-corrected chi connectivity index (χ2v) is 9.26.